The molecule has 6 nitrogen and oxygen atoms in total. The summed E-state index contributed by atoms with van der Waals surface area (Å²) < 4.78 is 17.1. The molecule has 6 heteroatoms. The zero-order valence-corrected chi connectivity index (χ0v) is 56.5. The van der Waals surface area contributed by atoms with Crippen molar-refractivity contribution in [1.82, 2.24) is 0 Å². The van der Waals surface area contributed by atoms with Gasteiger partial charge in [-0.25, -0.2) is 0 Å². The van der Waals surface area contributed by atoms with Crippen LogP contribution in [-0.2, 0) is 28.6 Å². The molecule has 0 saturated heterocycles. The minimum atomic E-state index is -0.771. The Bertz CT molecular complexity index is 1340. The second-order valence-corrected chi connectivity index (χ2v) is 25.9. The Morgan fingerprint density at radius 2 is 0.398 bits per heavy atom. The number of unbranched alkanes of at least 4 members (excludes halogenated alkanes) is 56. The lowest BCUT2D eigenvalue weighted by Crippen LogP contribution is -2.30. The molecule has 0 amide bonds. The monoisotopic (exact) mass is 1170 g/mol. The van der Waals surface area contributed by atoms with E-state index in [2.05, 4.69) is 45.1 Å². The van der Waals surface area contributed by atoms with Crippen LogP contribution in [0, 0.1) is 0 Å². The highest BCUT2D eigenvalue weighted by Crippen LogP contribution is 2.19. The van der Waals surface area contributed by atoms with E-state index in [1.54, 1.807) is 0 Å². The van der Waals surface area contributed by atoms with Crippen LogP contribution in [-0.4, -0.2) is 37.2 Å². The fourth-order valence-electron chi connectivity index (χ4n) is 11.7. The van der Waals surface area contributed by atoms with Gasteiger partial charge in [-0.2, -0.15) is 0 Å². The number of carbonyl (C=O) groups is 3. The number of hydrogen-bond donors (Lipinski definition) is 0. The van der Waals surface area contributed by atoms with Crippen LogP contribution in [0.3, 0.4) is 0 Å². The first-order valence-corrected chi connectivity index (χ1v) is 37.8. The molecule has 0 N–H and O–H groups in total. The second-order valence-electron chi connectivity index (χ2n) is 25.9. The van der Waals surface area contributed by atoms with E-state index in [1.807, 2.05) is 0 Å². The van der Waals surface area contributed by atoms with Gasteiger partial charge in [0.05, 0.1) is 0 Å². The van der Waals surface area contributed by atoms with Crippen LogP contribution < -0.4 is 0 Å². The van der Waals surface area contributed by atoms with Crippen molar-refractivity contribution in [2.75, 3.05) is 13.2 Å². The van der Waals surface area contributed by atoms with E-state index in [1.165, 1.54) is 334 Å². The van der Waals surface area contributed by atoms with E-state index in [4.69, 9.17) is 14.2 Å². The topological polar surface area (TPSA) is 78.9 Å². The molecule has 83 heavy (non-hydrogen) atoms. The molecule has 0 radical (unpaired) electrons. The number of carbonyl (C=O) groups excluding carboxylic acids is 3. The van der Waals surface area contributed by atoms with E-state index in [0.717, 1.165) is 57.8 Å². The van der Waals surface area contributed by atoms with Crippen molar-refractivity contribution < 1.29 is 28.6 Å². The van der Waals surface area contributed by atoms with Gasteiger partial charge < -0.3 is 14.2 Å². The average molecular weight is 1170 g/mol. The molecule has 0 aliphatic rings. The number of ether oxygens (including phenoxy) is 3. The third-order valence-electron chi connectivity index (χ3n) is 17.4. The SMILES string of the molecule is CCCCCCCCCC/C=C\CCCCCCCCCCCCCCCC(=O)OCC(COC(=O)CCCCCCCCCCCCCCCCCCCCC)OC(=O)CCCCCCCCCCC/C=C\CCCCCCCCCC. The Hall–Kier alpha value is -2.11. The molecule has 0 aromatic carbocycles. The first-order valence-electron chi connectivity index (χ1n) is 37.8. The van der Waals surface area contributed by atoms with Crippen molar-refractivity contribution >= 4 is 17.9 Å². The van der Waals surface area contributed by atoms with Gasteiger partial charge in [0.1, 0.15) is 13.2 Å². The lowest BCUT2D eigenvalue weighted by Gasteiger charge is -2.18. The highest BCUT2D eigenvalue weighted by molar-refractivity contribution is 5.71. The summed E-state index contributed by atoms with van der Waals surface area (Å²) in [5, 5.41) is 0. The third-order valence-corrected chi connectivity index (χ3v) is 17.4. The largest absolute Gasteiger partial charge is 0.462 e. The number of hydrogen-bond acceptors (Lipinski definition) is 6. The van der Waals surface area contributed by atoms with E-state index in [0.29, 0.717) is 19.3 Å². The van der Waals surface area contributed by atoms with Gasteiger partial charge in [-0.3, -0.25) is 14.4 Å². The van der Waals surface area contributed by atoms with Crippen molar-refractivity contribution in [2.24, 2.45) is 0 Å². The summed E-state index contributed by atoms with van der Waals surface area (Å²) >= 11 is 0. The van der Waals surface area contributed by atoms with E-state index in [9.17, 15) is 14.4 Å². The van der Waals surface area contributed by atoms with Gasteiger partial charge in [-0.15, -0.1) is 0 Å². The second kappa shape index (κ2) is 72.4. The van der Waals surface area contributed by atoms with Crippen LogP contribution >= 0.6 is 0 Å². The average Bonchev–Trinajstić information content (AvgIpc) is 3.50. The van der Waals surface area contributed by atoms with E-state index >= 15 is 0 Å². The molecule has 0 fully saturated rings. The van der Waals surface area contributed by atoms with E-state index < -0.39 is 6.10 Å². The summed E-state index contributed by atoms with van der Waals surface area (Å²) in [5.74, 6) is -0.831. The lowest BCUT2D eigenvalue weighted by molar-refractivity contribution is -0.167. The summed E-state index contributed by atoms with van der Waals surface area (Å²) in [6, 6.07) is 0. The van der Waals surface area contributed by atoms with Crippen LogP contribution in [0.15, 0.2) is 24.3 Å². The van der Waals surface area contributed by atoms with Crippen LogP contribution in [0.4, 0.5) is 0 Å². The van der Waals surface area contributed by atoms with Gasteiger partial charge in [-0.1, -0.05) is 366 Å². The number of esters is 3. The maximum Gasteiger partial charge on any atom is 0.306 e. The minimum Gasteiger partial charge on any atom is -0.462 e. The van der Waals surface area contributed by atoms with Crippen molar-refractivity contribution in [3.05, 3.63) is 24.3 Å². The molecule has 0 aliphatic heterocycles. The Labute approximate surface area is 519 Å². The summed E-state index contributed by atoms with van der Waals surface area (Å²) in [6.07, 6.45) is 89.3. The zero-order chi connectivity index (χ0) is 59.9. The maximum absolute atomic E-state index is 13.0. The van der Waals surface area contributed by atoms with E-state index in [-0.39, 0.29) is 31.1 Å². The predicted molar refractivity (Wildman–Crippen MR) is 363 cm³/mol. The van der Waals surface area contributed by atoms with Crippen LogP contribution in [0.2, 0.25) is 0 Å². The molecule has 0 spiro atoms. The molecule has 1 unspecified atom stereocenters. The van der Waals surface area contributed by atoms with Gasteiger partial charge in [-0.05, 0) is 70.6 Å². The highest BCUT2D eigenvalue weighted by Gasteiger charge is 2.20. The fourth-order valence-corrected chi connectivity index (χ4v) is 11.7. The summed E-state index contributed by atoms with van der Waals surface area (Å²) in [5.41, 5.74) is 0. The molecule has 0 aromatic rings. The van der Waals surface area contributed by atoms with Gasteiger partial charge >= 0.3 is 17.9 Å². The molecule has 0 aromatic heterocycles. The Balaban J connectivity index is 4.28. The van der Waals surface area contributed by atoms with Gasteiger partial charge in [0.15, 0.2) is 6.10 Å². The molecule has 0 heterocycles. The fraction of sp³-hybridized carbons (Fsp3) is 0.909. The first kappa shape index (κ1) is 80.9. The predicted octanol–water partition coefficient (Wildman–Crippen LogP) is 26.1. The zero-order valence-electron chi connectivity index (χ0n) is 56.5. The van der Waals surface area contributed by atoms with Crippen molar-refractivity contribution in [1.29, 1.82) is 0 Å². The van der Waals surface area contributed by atoms with Crippen molar-refractivity contribution in [2.45, 2.75) is 438 Å². The molecule has 1 atom stereocenters. The highest BCUT2D eigenvalue weighted by atomic mass is 16.6. The summed E-state index contributed by atoms with van der Waals surface area (Å²) in [4.78, 5) is 38.6. The first-order chi connectivity index (χ1) is 41.0. The van der Waals surface area contributed by atoms with Gasteiger partial charge in [0.25, 0.3) is 0 Å². The van der Waals surface area contributed by atoms with Crippen molar-refractivity contribution in [3.63, 3.8) is 0 Å². The van der Waals surface area contributed by atoms with Crippen LogP contribution in [0.1, 0.15) is 432 Å². The Kier molecular flexibility index (Phi) is 70.5. The summed E-state index contributed by atoms with van der Waals surface area (Å²) in [7, 11) is 0. The Morgan fingerprint density at radius 1 is 0.229 bits per heavy atom. The summed E-state index contributed by atoms with van der Waals surface area (Å²) in [6.45, 7) is 6.74. The standard InChI is InChI=1S/C77H146O6/c1-4-7-10-13-16-19-22-25-28-31-34-36-37-38-39-41-43-46-49-52-55-58-61-64-67-70-76(79)82-73-74(72-81-75(78)69-66-63-60-57-54-51-48-45-42-33-30-27-24-21-18-15-12-9-6-3)83-77(80)71-68-65-62-59-56-53-50-47-44-40-35-32-29-26-23-20-17-14-11-8-5-2/h31-32,34-35,74H,4-30,33,36-73H2,1-3H3/b34-31-,35-32-. The smallest absolute Gasteiger partial charge is 0.306 e. The molecule has 0 rings (SSSR count). The minimum absolute atomic E-state index is 0.0656. The normalized spacial score (nSPS) is 12.1. The number of rotatable bonds is 71. The molecule has 0 aliphatic carbocycles. The van der Waals surface area contributed by atoms with Gasteiger partial charge in [0.2, 0.25) is 0 Å². The molecular formula is C77H146O6. The Morgan fingerprint density at radius 3 is 0.602 bits per heavy atom. The molecule has 0 saturated carbocycles. The van der Waals surface area contributed by atoms with Crippen LogP contribution in [0.25, 0.3) is 0 Å². The third kappa shape index (κ3) is 70.5. The quantitative estimate of drug-likeness (QED) is 0.0261. The van der Waals surface area contributed by atoms with Crippen molar-refractivity contribution in [3.8, 4) is 0 Å². The maximum atomic E-state index is 13.0. The lowest BCUT2D eigenvalue weighted by atomic mass is 10.0. The molecular weight excluding hydrogens is 1020 g/mol. The molecule has 490 valence electrons. The molecule has 0 bridgehead atoms. The van der Waals surface area contributed by atoms with Gasteiger partial charge in [0, 0.05) is 19.3 Å². The van der Waals surface area contributed by atoms with Crippen LogP contribution in [0.5, 0.6) is 0 Å². The number of allylic oxidation sites excluding steroid dienone is 4.